The Morgan fingerprint density at radius 1 is 1.32 bits per heavy atom. The summed E-state index contributed by atoms with van der Waals surface area (Å²) in [5.41, 5.74) is 0.352. The van der Waals surface area contributed by atoms with Gasteiger partial charge in [-0.1, -0.05) is 0 Å². The normalized spacial score (nSPS) is 31.9. The van der Waals surface area contributed by atoms with Gasteiger partial charge in [-0.3, -0.25) is 4.79 Å². The summed E-state index contributed by atoms with van der Waals surface area (Å²) in [5.74, 6) is 1.19. The van der Waals surface area contributed by atoms with Crippen molar-refractivity contribution in [2.24, 2.45) is 17.3 Å². The summed E-state index contributed by atoms with van der Waals surface area (Å²) < 4.78 is 5.39. The highest BCUT2D eigenvalue weighted by atomic mass is 16.5. The number of carbonyl (C=O) groups is 1. The van der Waals surface area contributed by atoms with Gasteiger partial charge in [-0.2, -0.15) is 0 Å². The van der Waals surface area contributed by atoms with E-state index in [9.17, 15) is 4.79 Å². The van der Waals surface area contributed by atoms with E-state index < -0.39 is 0 Å². The van der Waals surface area contributed by atoms with Gasteiger partial charge >= 0.3 is 0 Å². The molecule has 0 aromatic rings. The first kappa shape index (κ1) is 13.4. The van der Waals surface area contributed by atoms with Gasteiger partial charge in [0, 0.05) is 25.2 Å². The fourth-order valence-corrected chi connectivity index (χ4v) is 3.85. The first-order chi connectivity index (χ1) is 9.21. The van der Waals surface area contributed by atoms with Crippen molar-refractivity contribution >= 4 is 5.91 Å². The van der Waals surface area contributed by atoms with E-state index in [1.807, 2.05) is 0 Å². The van der Waals surface area contributed by atoms with Gasteiger partial charge in [-0.25, -0.2) is 0 Å². The van der Waals surface area contributed by atoms with Crippen molar-refractivity contribution in [1.82, 2.24) is 10.6 Å². The Morgan fingerprint density at radius 3 is 2.68 bits per heavy atom. The quantitative estimate of drug-likeness (QED) is 0.810. The van der Waals surface area contributed by atoms with Gasteiger partial charge in [-0.15, -0.1) is 0 Å². The fourth-order valence-electron chi connectivity index (χ4n) is 3.85. The second kappa shape index (κ2) is 5.41. The maximum absolute atomic E-state index is 12.4. The second-order valence-electron chi connectivity index (χ2n) is 6.62. The molecule has 0 aromatic carbocycles. The smallest absolute Gasteiger partial charge is 0.223 e. The molecule has 0 radical (unpaired) electrons. The van der Waals surface area contributed by atoms with E-state index >= 15 is 0 Å². The standard InChI is InChI=1S/C15H26N2O2/c1-11(12-2-8-19-9-3-12)17-14(18)13-10-15(13)4-6-16-7-5-15/h11-13,16H,2-10H2,1H3,(H,17,18). The maximum atomic E-state index is 12.4. The highest BCUT2D eigenvalue weighted by Gasteiger charge is 2.57. The molecule has 1 spiro atoms. The Kier molecular flexibility index (Phi) is 3.81. The predicted octanol–water partition coefficient (Wildman–Crippen LogP) is 1.31. The fraction of sp³-hybridized carbons (Fsp3) is 0.933. The zero-order valence-electron chi connectivity index (χ0n) is 11.9. The van der Waals surface area contributed by atoms with E-state index in [0.717, 1.165) is 45.6 Å². The zero-order chi connectivity index (χ0) is 13.3. The van der Waals surface area contributed by atoms with Crippen LogP contribution in [0.1, 0.15) is 39.0 Å². The van der Waals surface area contributed by atoms with Crippen molar-refractivity contribution in [3.63, 3.8) is 0 Å². The van der Waals surface area contributed by atoms with Crippen LogP contribution in [-0.4, -0.2) is 38.3 Å². The zero-order valence-corrected chi connectivity index (χ0v) is 11.9. The first-order valence-electron chi connectivity index (χ1n) is 7.80. The number of carbonyl (C=O) groups excluding carboxylic acids is 1. The summed E-state index contributed by atoms with van der Waals surface area (Å²) in [6.07, 6.45) is 5.64. The third-order valence-corrected chi connectivity index (χ3v) is 5.45. The lowest BCUT2D eigenvalue weighted by Crippen LogP contribution is -2.42. The van der Waals surface area contributed by atoms with Gasteiger partial charge in [0.05, 0.1) is 0 Å². The summed E-state index contributed by atoms with van der Waals surface area (Å²) in [6.45, 7) is 6.03. The average Bonchev–Trinajstić information content (AvgIpc) is 3.14. The Bertz CT molecular complexity index is 333. The Labute approximate surface area is 115 Å². The Balaban J connectivity index is 1.48. The van der Waals surface area contributed by atoms with E-state index in [-0.39, 0.29) is 5.92 Å². The lowest BCUT2D eigenvalue weighted by molar-refractivity contribution is -0.124. The van der Waals surface area contributed by atoms with Crippen LogP contribution >= 0.6 is 0 Å². The van der Waals surface area contributed by atoms with Crippen LogP contribution in [-0.2, 0) is 9.53 Å². The monoisotopic (exact) mass is 266 g/mol. The van der Waals surface area contributed by atoms with Gasteiger partial charge in [0.25, 0.3) is 0 Å². The second-order valence-corrected chi connectivity index (χ2v) is 6.62. The topological polar surface area (TPSA) is 50.4 Å². The summed E-state index contributed by atoms with van der Waals surface area (Å²) in [6, 6.07) is 0.302. The third kappa shape index (κ3) is 2.79. The number of hydrogen-bond donors (Lipinski definition) is 2. The minimum atomic E-state index is 0.289. The molecule has 2 saturated heterocycles. The molecule has 3 aliphatic rings. The molecule has 108 valence electrons. The maximum Gasteiger partial charge on any atom is 0.223 e. The van der Waals surface area contributed by atoms with Crippen LogP contribution in [0.4, 0.5) is 0 Å². The van der Waals surface area contributed by atoms with Crippen LogP contribution in [0.25, 0.3) is 0 Å². The number of nitrogens with one attached hydrogen (secondary N) is 2. The molecule has 2 N–H and O–H groups in total. The van der Waals surface area contributed by atoms with Crippen molar-refractivity contribution in [1.29, 1.82) is 0 Å². The van der Waals surface area contributed by atoms with Crippen LogP contribution in [0, 0.1) is 17.3 Å². The molecule has 4 heteroatoms. The van der Waals surface area contributed by atoms with E-state index in [0.29, 0.717) is 23.3 Å². The molecule has 0 bridgehead atoms. The number of amides is 1. The summed E-state index contributed by atoms with van der Waals surface area (Å²) in [4.78, 5) is 12.4. The molecule has 0 aromatic heterocycles. The minimum Gasteiger partial charge on any atom is -0.381 e. The molecular weight excluding hydrogens is 240 g/mol. The van der Waals surface area contributed by atoms with Gasteiger partial charge in [0.1, 0.15) is 0 Å². The molecule has 2 unspecified atom stereocenters. The van der Waals surface area contributed by atoms with Crippen LogP contribution in [0.5, 0.6) is 0 Å². The lowest BCUT2D eigenvalue weighted by Gasteiger charge is -2.29. The molecule has 2 atom stereocenters. The molecule has 1 amide bonds. The van der Waals surface area contributed by atoms with Gasteiger partial charge < -0.3 is 15.4 Å². The molecule has 19 heavy (non-hydrogen) atoms. The molecular formula is C15H26N2O2. The van der Waals surface area contributed by atoms with Gasteiger partial charge in [0.2, 0.25) is 5.91 Å². The van der Waals surface area contributed by atoms with E-state index in [2.05, 4.69) is 17.6 Å². The number of hydrogen-bond acceptors (Lipinski definition) is 3. The third-order valence-electron chi connectivity index (χ3n) is 5.45. The largest absolute Gasteiger partial charge is 0.381 e. The van der Waals surface area contributed by atoms with E-state index in [1.54, 1.807) is 0 Å². The minimum absolute atomic E-state index is 0.289. The van der Waals surface area contributed by atoms with E-state index in [4.69, 9.17) is 4.74 Å². The van der Waals surface area contributed by atoms with Crippen LogP contribution in [0.2, 0.25) is 0 Å². The van der Waals surface area contributed by atoms with Crippen molar-refractivity contribution in [3.05, 3.63) is 0 Å². The van der Waals surface area contributed by atoms with Crippen molar-refractivity contribution in [2.75, 3.05) is 26.3 Å². The van der Waals surface area contributed by atoms with Crippen LogP contribution in [0.15, 0.2) is 0 Å². The number of piperidine rings is 1. The molecule has 1 saturated carbocycles. The highest BCUT2D eigenvalue weighted by Crippen LogP contribution is 2.58. The molecule has 2 aliphatic heterocycles. The van der Waals surface area contributed by atoms with Crippen molar-refractivity contribution in [2.45, 2.75) is 45.1 Å². The summed E-state index contributed by atoms with van der Waals surface area (Å²) in [5, 5.41) is 6.65. The average molecular weight is 266 g/mol. The molecule has 4 nitrogen and oxygen atoms in total. The van der Waals surface area contributed by atoms with Crippen LogP contribution < -0.4 is 10.6 Å². The van der Waals surface area contributed by atoms with Crippen LogP contribution in [0.3, 0.4) is 0 Å². The van der Waals surface area contributed by atoms with Gasteiger partial charge in [-0.05, 0) is 63.5 Å². The lowest BCUT2D eigenvalue weighted by atomic mass is 9.90. The molecule has 1 aliphatic carbocycles. The Morgan fingerprint density at radius 2 is 2.00 bits per heavy atom. The predicted molar refractivity (Wildman–Crippen MR) is 73.8 cm³/mol. The molecule has 2 heterocycles. The summed E-state index contributed by atoms with van der Waals surface area (Å²) >= 11 is 0. The first-order valence-corrected chi connectivity index (χ1v) is 7.80. The highest BCUT2D eigenvalue weighted by molar-refractivity contribution is 5.82. The number of rotatable bonds is 3. The number of ether oxygens (including phenoxy) is 1. The SMILES string of the molecule is CC(NC(=O)C1CC12CCNCC2)C1CCOCC1. The Hall–Kier alpha value is -0.610. The van der Waals surface area contributed by atoms with Gasteiger partial charge in [0.15, 0.2) is 0 Å². The van der Waals surface area contributed by atoms with E-state index in [1.165, 1.54) is 12.8 Å². The molecule has 3 rings (SSSR count). The summed E-state index contributed by atoms with van der Waals surface area (Å²) in [7, 11) is 0. The molecule has 3 fully saturated rings. The van der Waals surface area contributed by atoms with Crippen molar-refractivity contribution < 1.29 is 9.53 Å². The van der Waals surface area contributed by atoms with Crippen molar-refractivity contribution in [3.8, 4) is 0 Å².